The third-order valence-electron chi connectivity index (χ3n) is 4.96. The topological polar surface area (TPSA) is 52.6 Å². The molecule has 1 aromatic carbocycles. The minimum atomic E-state index is -0.280. The van der Waals surface area contributed by atoms with Crippen molar-refractivity contribution in [2.24, 2.45) is 5.92 Å². The number of amides is 1. The van der Waals surface area contributed by atoms with Gasteiger partial charge in [-0.1, -0.05) is 23.8 Å². The fraction of sp³-hybridized carbons (Fsp3) is 0.611. The predicted molar refractivity (Wildman–Crippen MR) is 86.5 cm³/mol. The maximum Gasteiger partial charge on any atom is 0.223 e. The molecule has 2 aliphatic rings. The molecule has 1 aliphatic heterocycles. The van der Waals surface area contributed by atoms with E-state index >= 15 is 0 Å². The van der Waals surface area contributed by atoms with E-state index in [1.54, 1.807) is 0 Å². The van der Waals surface area contributed by atoms with E-state index in [-0.39, 0.29) is 17.9 Å². The Kier molecular flexibility index (Phi) is 4.79. The number of nitrogens with one attached hydrogen (secondary N) is 1. The van der Waals surface area contributed by atoms with Crippen molar-refractivity contribution >= 4 is 5.91 Å². The van der Waals surface area contributed by atoms with E-state index in [0.717, 1.165) is 38.9 Å². The summed E-state index contributed by atoms with van der Waals surface area (Å²) >= 11 is 0. The Morgan fingerprint density at radius 3 is 3.00 bits per heavy atom. The molecule has 4 heteroatoms. The molecule has 1 saturated carbocycles. The normalized spacial score (nSPS) is 25.0. The van der Waals surface area contributed by atoms with Gasteiger partial charge in [0, 0.05) is 32.1 Å². The lowest BCUT2D eigenvalue weighted by Gasteiger charge is -2.29. The highest BCUT2D eigenvalue weighted by Gasteiger charge is 2.28. The van der Waals surface area contributed by atoms with Crippen molar-refractivity contribution in [3.05, 3.63) is 34.9 Å². The van der Waals surface area contributed by atoms with Gasteiger partial charge in [-0.2, -0.15) is 0 Å². The average Bonchev–Trinajstić information content (AvgIpc) is 2.93. The molecule has 22 heavy (non-hydrogen) atoms. The van der Waals surface area contributed by atoms with Gasteiger partial charge in [0.1, 0.15) is 0 Å². The standard InChI is InChI=1S/C18H26N2O2/c1-13-2-3-14-6-8-20(12-16(14)10-13)9-7-19-18(22)15-4-5-17(21)11-15/h2-3,10,15,17,21H,4-9,11-12H2,1H3,(H,19,22). The largest absolute Gasteiger partial charge is 0.393 e. The third-order valence-corrected chi connectivity index (χ3v) is 4.96. The van der Waals surface area contributed by atoms with Crippen molar-refractivity contribution in [1.82, 2.24) is 10.2 Å². The minimum absolute atomic E-state index is 0.0136. The van der Waals surface area contributed by atoms with Crippen molar-refractivity contribution in [3.8, 4) is 0 Å². The number of hydrogen-bond acceptors (Lipinski definition) is 3. The van der Waals surface area contributed by atoms with Crippen LogP contribution in [0.4, 0.5) is 0 Å². The molecule has 0 spiro atoms. The second-order valence-corrected chi connectivity index (χ2v) is 6.75. The number of carbonyl (C=O) groups is 1. The van der Waals surface area contributed by atoms with Crippen molar-refractivity contribution in [1.29, 1.82) is 0 Å². The van der Waals surface area contributed by atoms with Crippen LogP contribution in [0, 0.1) is 12.8 Å². The summed E-state index contributed by atoms with van der Waals surface area (Å²) in [5, 5.41) is 12.5. The highest BCUT2D eigenvalue weighted by molar-refractivity contribution is 5.78. The maximum absolute atomic E-state index is 12.0. The predicted octanol–water partition coefficient (Wildman–Crippen LogP) is 1.63. The van der Waals surface area contributed by atoms with Crippen LogP contribution in [-0.4, -0.2) is 41.7 Å². The molecular weight excluding hydrogens is 276 g/mol. The van der Waals surface area contributed by atoms with Gasteiger partial charge >= 0.3 is 0 Å². The van der Waals surface area contributed by atoms with Gasteiger partial charge in [-0.3, -0.25) is 9.69 Å². The van der Waals surface area contributed by atoms with E-state index in [0.29, 0.717) is 13.0 Å². The van der Waals surface area contributed by atoms with Crippen LogP contribution in [0.1, 0.15) is 36.0 Å². The summed E-state index contributed by atoms with van der Waals surface area (Å²) in [7, 11) is 0. The zero-order valence-corrected chi connectivity index (χ0v) is 13.3. The Labute approximate surface area is 132 Å². The minimum Gasteiger partial charge on any atom is -0.393 e. The van der Waals surface area contributed by atoms with Crippen molar-refractivity contribution in [2.75, 3.05) is 19.6 Å². The number of nitrogens with zero attached hydrogens (tertiary/aromatic N) is 1. The second-order valence-electron chi connectivity index (χ2n) is 6.75. The van der Waals surface area contributed by atoms with Crippen molar-refractivity contribution < 1.29 is 9.90 Å². The fourth-order valence-electron chi connectivity index (χ4n) is 3.61. The molecule has 0 aromatic heterocycles. The molecule has 1 amide bonds. The van der Waals surface area contributed by atoms with Crippen LogP contribution < -0.4 is 5.32 Å². The second kappa shape index (κ2) is 6.80. The molecule has 3 rings (SSSR count). The molecule has 4 nitrogen and oxygen atoms in total. The van der Waals surface area contributed by atoms with Gasteiger partial charge < -0.3 is 10.4 Å². The number of aliphatic hydroxyl groups excluding tert-OH is 1. The van der Waals surface area contributed by atoms with Crippen LogP contribution in [0.5, 0.6) is 0 Å². The molecule has 2 N–H and O–H groups in total. The smallest absolute Gasteiger partial charge is 0.223 e. The van der Waals surface area contributed by atoms with Crippen LogP contribution in [0.25, 0.3) is 0 Å². The highest BCUT2D eigenvalue weighted by atomic mass is 16.3. The SMILES string of the molecule is Cc1ccc2c(c1)CN(CCNC(=O)C1CCC(O)C1)CC2. The zero-order valence-electron chi connectivity index (χ0n) is 13.3. The molecule has 0 radical (unpaired) electrons. The van der Waals surface area contributed by atoms with Gasteiger partial charge in [-0.05, 0) is 43.7 Å². The molecule has 1 aromatic rings. The van der Waals surface area contributed by atoms with Gasteiger partial charge in [0.05, 0.1) is 6.10 Å². The molecule has 2 atom stereocenters. The Hall–Kier alpha value is -1.39. The fourth-order valence-corrected chi connectivity index (χ4v) is 3.61. The first-order valence-corrected chi connectivity index (χ1v) is 8.38. The lowest BCUT2D eigenvalue weighted by molar-refractivity contribution is -0.125. The van der Waals surface area contributed by atoms with E-state index in [1.807, 2.05) is 0 Å². The summed E-state index contributed by atoms with van der Waals surface area (Å²) in [6, 6.07) is 6.71. The van der Waals surface area contributed by atoms with Crippen LogP contribution in [0.3, 0.4) is 0 Å². The van der Waals surface area contributed by atoms with Crippen LogP contribution in [0.2, 0.25) is 0 Å². The van der Waals surface area contributed by atoms with E-state index in [9.17, 15) is 9.90 Å². The summed E-state index contributed by atoms with van der Waals surface area (Å²) in [5.74, 6) is 0.129. The molecule has 0 bridgehead atoms. The van der Waals surface area contributed by atoms with Gasteiger partial charge in [0.2, 0.25) is 5.91 Å². The number of aryl methyl sites for hydroxylation is 1. The number of fused-ring (bicyclic) bond motifs is 1. The average molecular weight is 302 g/mol. The summed E-state index contributed by atoms with van der Waals surface area (Å²) in [5.41, 5.74) is 4.20. The molecule has 2 unspecified atom stereocenters. The van der Waals surface area contributed by atoms with Gasteiger partial charge in [-0.25, -0.2) is 0 Å². The zero-order chi connectivity index (χ0) is 15.5. The van der Waals surface area contributed by atoms with Crippen molar-refractivity contribution in [2.45, 2.75) is 45.3 Å². The number of benzene rings is 1. The Morgan fingerprint density at radius 1 is 1.36 bits per heavy atom. The molecule has 0 saturated heterocycles. The first kappa shape index (κ1) is 15.5. The van der Waals surface area contributed by atoms with Gasteiger partial charge in [0.15, 0.2) is 0 Å². The van der Waals surface area contributed by atoms with E-state index in [1.165, 1.54) is 16.7 Å². The van der Waals surface area contributed by atoms with Gasteiger partial charge in [0.25, 0.3) is 0 Å². The van der Waals surface area contributed by atoms with Crippen LogP contribution in [-0.2, 0) is 17.8 Å². The number of hydrogen-bond donors (Lipinski definition) is 2. The monoisotopic (exact) mass is 302 g/mol. The quantitative estimate of drug-likeness (QED) is 0.889. The summed E-state index contributed by atoms with van der Waals surface area (Å²) in [4.78, 5) is 14.4. The van der Waals surface area contributed by atoms with E-state index in [2.05, 4.69) is 35.3 Å². The summed E-state index contributed by atoms with van der Waals surface area (Å²) < 4.78 is 0. The highest BCUT2D eigenvalue weighted by Crippen LogP contribution is 2.25. The summed E-state index contributed by atoms with van der Waals surface area (Å²) in [6.45, 7) is 5.78. The molecule has 120 valence electrons. The number of aliphatic hydroxyl groups is 1. The number of rotatable bonds is 4. The van der Waals surface area contributed by atoms with E-state index < -0.39 is 0 Å². The Morgan fingerprint density at radius 2 is 2.23 bits per heavy atom. The lowest BCUT2D eigenvalue weighted by Crippen LogP contribution is -2.39. The van der Waals surface area contributed by atoms with Gasteiger partial charge in [-0.15, -0.1) is 0 Å². The Balaban J connectivity index is 1.44. The maximum atomic E-state index is 12.0. The lowest BCUT2D eigenvalue weighted by atomic mass is 9.98. The first-order chi connectivity index (χ1) is 10.6. The van der Waals surface area contributed by atoms with Crippen molar-refractivity contribution in [3.63, 3.8) is 0 Å². The molecule has 1 fully saturated rings. The molecule has 1 aliphatic carbocycles. The van der Waals surface area contributed by atoms with Crippen LogP contribution in [0.15, 0.2) is 18.2 Å². The molecule has 1 heterocycles. The molecular formula is C18H26N2O2. The Bertz CT molecular complexity index is 544. The summed E-state index contributed by atoms with van der Waals surface area (Å²) in [6.07, 6.45) is 3.03. The first-order valence-electron chi connectivity index (χ1n) is 8.38. The number of carbonyl (C=O) groups excluding carboxylic acids is 1. The van der Waals surface area contributed by atoms with E-state index in [4.69, 9.17) is 0 Å². The van der Waals surface area contributed by atoms with Crippen LogP contribution >= 0.6 is 0 Å². The third kappa shape index (κ3) is 3.68.